The molecular weight excluding hydrogens is 297 g/mol. The number of nitro groups is 1. The van der Waals surface area contributed by atoms with Crippen LogP contribution in [0, 0.1) is 15.9 Å². The van der Waals surface area contributed by atoms with Gasteiger partial charge in [0.25, 0.3) is 5.91 Å². The lowest BCUT2D eigenvalue weighted by molar-refractivity contribution is -0.659. The number of nitro benzene ring substituents is 1. The minimum Gasteiger partial charge on any atom is -0.334 e. The van der Waals surface area contributed by atoms with Gasteiger partial charge in [0.1, 0.15) is 6.54 Å². The molecule has 2 aromatic rings. The van der Waals surface area contributed by atoms with Crippen LogP contribution in [0.2, 0.25) is 0 Å². The van der Waals surface area contributed by atoms with E-state index in [1.807, 2.05) is 22.8 Å². The van der Waals surface area contributed by atoms with Gasteiger partial charge in [0.2, 0.25) is 5.82 Å². The first-order chi connectivity index (χ1) is 10.1. The number of hydrogen-bond donors (Lipinski definition) is 2. The fourth-order valence-corrected chi connectivity index (χ4v) is 2.42. The van der Waals surface area contributed by atoms with Gasteiger partial charge in [0, 0.05) is 11.8 Å². The third-order valence-electron chi connectivity index (χ3n) is 2.68. The quantitative estimate of drug-likeness (QED) is 0.626. The van der Waals surface area contributed by atoms with E-state index in [0.717, 1.165) is 17.0 Å². The van der Waals surface area contributed by atoms with Gasteiger partial charge in [-0.1, -0.05) is 6.07 Å². The maximum Gasteiger partial charge on any atom is 0.306 e. The van der Waals surface area contributed by atoms with Crippen LogP contribution in [0.1, 0.15) is 4.88 Å². The van der Waals surface area contributed by atoms with Crippen molar-refractivity contribution in [2.75, 3.05) is 11.9 Å². The fourth-order valence-electron chi connectivity index (χ4n) is 1.72. The van der Waals surface area contributed by atoms with E-state index in [1.54, 1.807) is 11.3 Å². The van der Waals surface area contributed by atoms with Crippen molar-refractivity contribution in [3.63, 3.8) is 0 Å². The number of nitrogens with two attached hydrogens (primary N) is 1. The van der Waals surface area contributed by atoms with Crippen molar-refractivity contribution in [3.8, 4) is 0 Å². The SMILES string of the molecule is O=C(C[NH2+]Cc1cccs1)Nc1ccc(F)c([N+](=O)[O-])c1. The van der Waals surface area contributed by atoms with Crippen molar-refractivity contribution >= 4 is 28.6 Å². The third-order valence-corrected chi connectivity index (χ3v) is 3.58. The Bertz CT molecular complexity index is 646. The molecule has 1 amide bonds. The molecule has 6 nitrogen and oxygen atoms in total. The number of thiophene rings is 1. The standard InChI is InChI=1S/C13H12FN3O3S/c14-11-4-3-9(6-12(11)17(19)20)16-13(18)8-15-7-10-2-1-5-21-10/h1-6,15H,7-8H2,(H,16,18)/p+1. The summed E-state index contributed by atoms with van der Waals surface area (Å²) < 4.78 is 13.2. The zero-order valence-electron chi connectivity index (χ0n) is 10.9. The number of halogens is 1. The summed E-state index contributed by atoms with van der Waals surface area (Å²) in [6.45, 7) is 0.873. The largest absolute Gasteiger partial charge is 0.334 e. The van der Waals surface area contributed by atoms with Gasteiger partial charge in [-0.2, -0.15) is 4.39 Å². The molecule has 0 saturated carbocycles. The van der Waals surface area contributed by atoms with E-state index in [1.165, 1.54) is 6.07 Å². The normalized spacial score (nSPS) is 10.3. The Hall–Kier alpha value is -2.32. The molecule has 0 fully saturated rings. The van der Waals surface area contributed by atoms with Gasteiger partial charge in [0.05, 0.1) is 9.80 Å². The summed E-state index contributed by atoms with van der Waals surface area (Å²) in [6.07, 6.45) is 0. The molecule has 0 atom stereocenters. The van der Waals surface area contributed by atoms with Crippen molar-refractivity contribution in [2.24, 2.45) is 0 Å². The molecule has 8 heteroatoms. The predicted molar refractivity (Wildman–Crippen MR) is 76.5 cm³/mol. The van der Waals surface area contributed by atoms with Crippen molar-refractivity contribution < 1.29 is 19.4 Å². The zero-order valence-corrected chi connectivity index (χ0v) is 11.7. The molecule has 0 aliphatic heterocycles. The van der Waals surface area contributed by atoms with E-state index >= 15 is 0 Å². The highest BCUT2D eigenvalue weighted by molar-refractivity contribution is 7.09. The molecule has 1 aromatic carbocycles. The molecule has 1 heterocycles. The number of benzene rings is 1. The first-order valence-corrected chi connectivity index (χ1v) is 7.02. The van der Waals surface area contributed by atoms with Crippen LogP contribution in [0.4, 0.5) is 15.8 Å². The van der Waals surface area contributed by atoms with Gasteiger partial charge in [-0.25, -0.2) is 0 Å². The minimum atomic E-state index is -0.928. The van der Waals surface area contributed by atoms with Crippen molar-refractivity contribution in [2.45, 2.75) is 6.54 Å². The van der Waals surface area contributed by atoms with E-state index in [2.05, 4.69) is 5.32 Å². The summed E-state index contributed by atoms with van der Waals surface area (Å²) in [5.41, 5.74) is -0.451. The minimum absolute atomic E-state index is 0.184. The Kier molecular flexibility index (Phi) is 4.96. The number of rotatable bonds is 6. The van der Waals surface area contributed by atoms with E-state index < -0.39 is 16.4 Å². The fraction of sp³-hybridized carbons (Fsp3) is 0.154. The number of amides is 1. The molecule has 0 aliphatic rings. The molecule has 110 valence electrons. The second-order valence-electron chi connectivity index (χ2n) is 4.25. The van der Waals surface area contributed by atoms with Gasteiger partial charge in [-0.15, -0.1) is 11.3 Å². The number of hydrogen-bond acceptors (Lipinski definition) is 4. The van der Waals surface area contributed by atoms with E-state index in [-0.39, 0.29) is 18.1 Å². The molecule has 0 saturated heterocycles. The highest BCUT2D eigenvalue weighted by Crippen LogP contribution is 2.21. The highest BCUT2D eigenvalue weighted by atomic mass is 32.1. The Balaban J connectivity index is 1.87. The topological polar surface area (TPSA) is 88.8 Å². The molecule has 3 N–H and O–H groups in total. The summed E-state index contributed by atoms with van der Waals surface area (Å²) in [4.78, 5) is 22.6. The zero-order chi connectivity index (χ0) is 15.2. The molecule has 21 heavy (non-hydrogen) atoms. The van der Waals surface area contributed by atoms with Crippen LogP contribution in [0.5, 0.6) is 0 Å². The maximum absolute atomic E-state index is 13.2. The Labute approximate surface area is 123 Å². The molecule has 0 unspecified atom stereocenters. The lowest BCUT2D eigenvalue weighted by Crippen LogP contribution is -2.84. The number of nitrogens with one attached hydrogen (secondary N) is 1. The van der Waals surface area contributed by atoms with Crippen LogP contribution in [0.3, 0.4) is 0 Å². The van der Waals surface area contributed by atoms with Gasteiger partial charge in [-0.3, -0.25) is 14.9 Å². The molecule has 0 spiro atoms. The maximum atomic E-state index is 13.2. The van der Waals surface area contributed by atoms with Crippen LogP contribution in [-0.2, 0) is 11.3 Å². The summed E-state index contributed by atoms with van der Waals surface area (Å²) in [7, 11) is 0. The predicted octanol–water partition coefficient (Wildman–Crippen LogP) is 1.50. The lowest BCUT2D eigenvalue weighted by Gasteiger charge is -2.04. The number of nitrogens with zero attached hydrogens (tertiary/aromatic N) is 1. The number of carbonyl (C=O) groups excluding carboxylic acids is 1. The first kappa shape index (κ1) is 15.1. The van der Waals surface area contributed by atoms with Crippen LogP contribution < -0.4 is 10.6 Å². The summed E-state index contributed by atoms with van der Waals surface area (Å²) in [5, 5.41) is 16.9. The summed E-state index contributed by atoms with van der Waals surface area (Å²) in [6, 6.07) is 7.17. The van der Waals surface area contributed by atoms with Gasteiger partial charge in [-0.05, 0) is 23.6 Å². The molecule has 0 radical (unpaired) electrons. The number of anilines is 1. The summed E-state index contributed by atoms with van der Waals surface area (Å²) in [5.74, 6) is -1.23. The molecular formula is C13H13FN3O3S+. The average Bonchev–Trinajstić information content (AvgIpc) is 2.94. The van der Waals surface area contributed by atoms with Gasteiger partial charge in [0.15, 0.2) is 6.54 Å². The molecule has 2 rings (SSSR count). The number of quaternary nitrogens is 1. The highest BCUT2D eigenvalue weighted by Gasteiger charge is 2.15. The third kappa shape index (κ3) is 4.33. The second kappa shape index (κ2) is 6.91. The van der Waals surface area contributed by atoms with Crippen LogP contribution in [0.25, 0.3) is 0 Å². The Morgan fingerprint density at radius 1 is 1.43 bits per heavy atom. The number of carbonyl (C=O) groups is 1. The van der Waals surface area contributed by atoms with Crippen LogP contribution in [0.15, 0.2) is 35.7 Å². The average molecular weight is 310 g/mol. The molecule has 0 bridgehead atoms. The molecule has 0 aliphatic carbocycles. The molecule has 1 aromatic heterocycles. The first-order valence-electron chi connectivity index (χ1n) is 6.14. The van der Waals surface area contributed by atoms with Crippen molar-refractivity contribution in [1.82, 2.24) is 0 Å². The van der Waals surface area contributed by atoms with E-state index in [4.69, 9.17) is 0 Å². The Morgan fingerprint density at radius 3 is 2.90 bits per heavy atom. The van der Waals surface area contributed by atoms with Gasteiger partial charge >= 0.3 is 5.69 Å². The summed E-state index contributed by atoms with van der Waals surface area (Å²) >= 11 is 1.61. The van der Waals surface area contributed by atoms with Crippen LogP contribution >= 0.6 is 11.3 Å². The Morgan fingerprint density at radius 2 is 2.24 bits per heavy atom. The van der Waals surface area contributed by atoms with E-state index in [9.17, 15) is 19.3 Å². The smallest absolute Gasteiger partial charge is 0.306 e. The van der Waals surface area contributed by atoms with Crippen LogP contribution in [-0.4, -0.2) is 17.4 Å². The van der Waals surface area contributed by atoms with Gasteiger partial charge < -0.3 is 10.6 Å². The monoisotopic (exact) mass is 310 g/mol. The lowest BCUT2D eigenvalue weighted by atomic mass is 10.2. The van der Waals surface area contributed by atoms with E-state index in [0.29, 0.717) is 6.54 Å². The van der Waals surface area contributed by atoms with Crippen molar-refractivity contribution in [3.05, 3.63) is 56.5 Å². The van der Waals surface area contributed by atoms with Crippen molar-refractivity contribution in [1.29, 1.82) is 0 Å². The second-order valence-corrected chi connectivity index (χ2v) is 5.28.